The van der Waals surface area contributed by atoms with E-state index in [9.17, 15) is 9.59 Å². The van der Waals surface area contributed by atoms with E-state index in [-0.39, 0.29) is 17.5 Å². The third-order valence-corrected chi connectivity index (χ3v) is 8.71. The van der Waals surface area contributed by atoms with Crippen molar-refractivity contribution in [1.82, 2.24) is 29.6 Å². The maximum Gasteiger partial charge on any atom is 0.257 e. The lowest BCUT2D eigenvalue weighted by Gasteiger charge is -2.36. The second-order valence-electron chi connectivity index (χ2n) is 10.0. The molecule has 0 aromatic carbocycles. The Morgan fingerprint density at radius 3 is 2.75 bits per heavy atom. The van der Waals surface area contributed by atoms with Gasteiger partial charge in [-0.25, -0.2) is 9.97 Å². The first kappa shape index (κ1) is 22.0. The van der Waals surface area contributed by atoms with Gasteiger partial charge in [0.15, 0.2) is 5.16 Å². The SMILES string of the molecule is O=C(CC1CSc2nc3c(c(=O)n21)CCC3)N1CCN(c2ccc(-c3noc(C4CC4)n3)cn2)CC1. The van der Waals surface area contributed by atoms with Crippen LogP contribution in [0.1, 0.15) is 54.8 Å². The number of carbonyl (C=O) groups excluding carboxylic acids is 1. The van der Waals surface area contributed by atoms with E-state index in [2.05, 4.69) is 20.0 Å². The maximum atomic E-state index is 13.1. The predicted octanol–water partition coefficient (Wildman–Crippen LogP) is 2.44. The number of aromatic nitrogens is 5. The molecule has 1 saturated carbocycles. The van der Waals surface area contributed by atoms with Gasteiger partial charge in [0, 0.05) is 61.6 Å². The maximum absolute atomic E-state index is 13.1. The molecule has 4 aliphatic rings. The van der Waals surface area contributed by atoms with Crippen molar-refractivity contribution in [2.75, 3.05) is 36.8 Å². The van der Waals surface area contributed by atoms with Crippen molar-refractivity contribution in [3.63, 3.8) is 0 Å². The zero-order valence-electron chi connectivity index (χ0n) is 19.9. The quantitative estimate of drug-likeness (QED) is 0.483. The first-order chi connectivity index (χ1) is 17.6. The van der Waals surface area contributed by atoms with Crippen molar-refractivity contribution in [1.29, 1.82) is 0 Å². The Morgan fingerprint density at radius 1 is 1.11 bits per heavy atom. The highest BCUT2D eigenvalue weighted by atomic mass is 32.2. The molecule has 2 fully saturated rings. The number of thioether (sulfide) groups is 1. The summed E-state index contributed by atoms with van der Waals surface area (Å²) in [6, 6.07) is 3.84. The van der Waals surface area contributed by atoms with E-state index in [4.69, 9.17) is 9.51 Å². The molecule has 1 atom stereocenters. The highest BCUT2D eigenvalue weighted by Gasteiger charge is 2.33. The third-order valence-electron chi connectivity index (χ3n) is 7.61. The van der Waals surface area contributed by atoms with Crippen LogP contribution in [0.15, 0.2) is 32.8 Å². The second-order valence-corrected chi connectivity index (χ2v) is 11.0. The van der Waals surface area contributed by atoms with Gasteiger partial charge in [0.2, 0.25) is 17.6 Å². The standard InChI is InChI=1S/C25H27N7O3S/c33-21(12-17-14-36-25-27-19-3-1-2-18(19)24(34)32(17)25)31-10-8-30(9-11-31)20-7-6-16(13-26-20)22-28-23(35-29-22)15-4-5-15/h6-7,13,15,17H,1-5,8-12,14H2. The summed E-state index contributed by atoms with van der Waals surface area (Å²) < 4.78 is 7.14. The zero-order valence-corrected chi connectivity index (χ0v) is 20.7. The highest BCUT2D eigenvalue weighted by molar-refractivity contribution is 7.99. The van der Waals surface area contributed by atoms with Crippen LogP contribution in [0.25, 0.3) is 11.4 Å². The summed E-state index contributed by atoms with van der Waals surface area (Å²) in [6.45, 7) is 2.72. The molecule has 2 aliphatic carbocycles. The molecule has 36 heavy (non-hydrogen) atoms. The van der Waals surface area contributed by atoms with Gasteiger partial charge in [0.1, 0.15) is 5.82 Å². The number of amides is 1. The number of fused-ring (bicyclic) bond motifs is 2. The van der Waals surface area contributed by atoms with Gasteiger partial charge in [-0.3, -0.25) is 14.2 Å². The Bertz CT molecular complexity index is 1370. The van der Waals surface area contributed by atoms with Crippen LogP contribution in [-0.4, -0.2) is 67.4 Å². The Balaban J connectivity index is 0.971. The van der Waals surface area contributed by atoms with Crippen molar-refractivity contribution < 1.29 is 9.32 Å². The van der Waals surface area contributed by atoms with E-state index in [1.165, 1.54) is 0 Å². The molecule has 3 aromatic heterocycles. The molecule has 7 rings (SSSR count). The fraction of sp³-hybridized carbons (Fsp3) is 0.520. The number of pyridine rings is 1. The summed E-state index contributed by atoms with van der Waals surface area (Å²) in [5.74, 6) is 3.45. The monoisotopic (exact) mass is 505 g/mol. The van der Waals surface area contributed by atoms with Crippen LogP contribution in [-0.2, 0) is 17.6 Å². The first-order valence-corrected chi connectivity index (χ1v) is 13.7. The minimum Gasteiger partial charge on any atom is -0.353 e. The van der Waals surface area contributed by atoms with Crippen LogP contribution in [0.3, 0.4) is 0 Å². The minimum absolute atomic E-state index is 0.0687. The molecular formula is C25H27N7O3S. The molecule has 0 radical (unpaired) electrons. The van der Waals surface area contributed by atoms with Crippen molar-refractivity contribution in [2.24, 2.45) is 0 Å². The minimum atomic E-state index is -0.110. The predicted molar refractivity (Wildman–Crippen MR) is 133 cm³/mol. The molecule has 0 bridgehead atoms. The van der Waals surface area contributed by atoms with E-state index in [0.717, 1.165) is 84.6 Å². The molecule has 1 unspecified atom stereocenters. The van der Waals surface area contributed by atoms with Crippen molar-refractivity contribution >= 4 is 23.5 Å². The lowest BCUT2D eigenvalue weighted by atomic mass is 10.1. The second kappa shape index (κ2) is 8.72. The normalized spacial score (nSPS) is 21.1. The molecule has 0 N–H and O–H groups in total. The largest absolute Gasteiger partial charge is 0.353 e. The summed E-state index contributed by atoms with van der Waals surface area (Å²) in [5.41, 5.74) is 2.73. The summed E-state index contributed by atoms with van der Waals surface area (Å²) in [5, 5.41) is 4.87. The molecule has 2 aliphatic heterocycles. The van der Waals surface area contributed by atoms with Gasteiger partial charge in [-0.2, -0.15) is 4.98 Å². The smallest absolute Gasteiger partial charge is 0.257 e. The number of nitrogens with zero attached hydrogens (tertiary/aromatic N) is 7. The van der Waals surface area contributed by atoms with Crippen molar-refractivity contribution in [3.8, 4) is 11.4 Å². The van der Waals surface area contributed by atoms with Crippen LogP contribution in [0, 0.1) is 0 Å². The molecule has 3 aromatic rings. The Labute approximate surface area is 212 Å². The molecule has 11 heteroatoms. The van der Waals surface area contributed by atoms with E-state index in [1.807, 2.05) is 17.0 Å². The summed E-state index contributed by atoms with van der Waals surface area (Å²) >= 11 is 1.60. The fourth-order valence-electron chi connectivity index (χ4n) is 5.37. The van der Waals surface area contributed by atoms with Gasteiger partial charge in [-0.05, 0) is 44.2 Å². The van der Waals surface area contributed by atoms with E-state index >= 15 is 0 Å². The van der Waals surface area contributed by atoms with Gasteiger partial charge in [0.05, 0.1) is 11.7 Å². The van der Waals surface area contributed by atoms with Gasteiger partial charge in [-0.15, -0.1) is 0 Å². The Hall–Kier alpha value is -3.21. The van der Waals surface area contributed by atoms with E-state index in [0.29, 0.717) is 31.3 Å². The van der Waals surface area contributed by atoms with Crippen molar-refractivity contribution in [2.45, 2.75) is 55.6 Å². The Kier molecular flexibility index (Phi) is 5.33. The first-order valence-electron chi connectivity index (χ1n) is 12.7. The van der Waals surface area contributed by atoms with Crippen LogP contribution in [0.2, 0.25) is 0 Å². The number of carbonyl (C=O) groups is 1. The molecule has 1 saturated heterocycles. The number of hydrogen-bond acceptors (Lipinski definition) is 9. The van der Waals surface area contributed by atoms with Gasteiger partial charge < -0.3 is 14.3 Å². The number of piperazine rings is 1. The lowest BCUT2D eigenvalue weighted by Crippen LogP contribution is -2.49. The average molecular weight is 506 g/mol. The Morgan fingerprint density at radius 2 is 1.97 bits per heavy atom. The molecule has 5 heterocycles. The lowest BCUT2D eigenvalue weighted by molar-refractivity contribution is -0.132. The van der Waals surface area contributed by atoms with Crippen LogP contribution in [0.4, 0.5) is 5.82 Å². The summed E-state index contributed by atoms with van der Waals surface area (Å²) in [6.07, 6.45) is 7.07. The molecule has 186 valence electrons. The van der Waals surface area contributed by atoms with E-state index in [1.54, 1.807) is 22.5 Å². The number of anilines is 1. The number of rotatable bonds is 5. The van der Waals surface area contributed by atoms with Crippen LogP contribution >= 0.6 is 11.8 Å². The van der Waals surface area contributed by atoms with Crippen LogP contribution < -0.4 is 10.5 Å². The zero-order chi connectivity index (χ0) is 24.2. The van der Waals surface area contributed by atoms with Crippen LogP contribution in [0.5, 0.6) is 0 Å². The van der Waals surface area contributed by atoms with E-state index < -0.39 is 0 Å². The molecular weight excluding hydrogens is 478 g/mol. The topological polar surface area (TPSA) is 110 Å². The number of aryl methyl sites for hydroxylation is 1. The average Bonchev–Trinajstić information content (AvgIpc) is 3.28. The third kappa shape index (κ3) is 3.89. The molecule has 10 nitrogen and oxygen atoms in total. The van der Waals surface area contributed by atoms with Gasteiger partial charge in [-0.1, -0.05) is 16.9 Å². The fourth-order valence-corrected chi connectivity index (χ4v) is 6.53. The molecule has 1 amide bonds. The molecule has 0 spiro atoms. The van der Waals surface area contributed by atoms with Gasteiger partial charge >= 0.3 is 0 Å². The van der Waals surface area contributed by atoms with Crippen molar-refractivity contribution in [3.05, 3.63) is 45.8 Å². The van der Waals surface area contributed by atoms with Gasteiger partial charge in [0.25, 0.3) is 5.56 Å². The number of hydrogen-bond donors (Lipinski definition) is 0. The summed E-state index contributed by atoms with van der Waals surface area (Å²) in [4.78, 5) is 44.1. The highest BCUT2D eigenvalue weighted by Crippen LogP contribution is 2.39. The summed E-state index contributed by atoms with van der Waals surface area (Å²) in [7, 11) is 0.